The number of halogens is 2. The van der Waals surface area contributed by atoms with Crippen molar-refractivity contribution in [3.8, 4) is 0 Å². The second-order valence-corrected chi connectivity index (χ2v) is 3.04. The number of aliphatic hydroxyl groups excluding tert-OH is 1. The lowest BCUT2D eigenvalue weighted by atomic mass is 10.1. The largest absolute Gasteiger partial charge is 0.382 e. The number of imidazole rings is 1. The molecule has 0 radical (unpaired) electrons. The molecule has 78 valence electrons. The van der Waals surface area contributed by atoms with Crippen molar-refractivity contribution in [1.29, 1.82) is 0 Å². The van der Waals surface area contributed by atoms with Crippen molar-refractivity contribution >= 4 is 0 Å². The summed E-state index contributed by atoms with van der Waals surface area (Å²) in [6.45, 7) is 0. The summed E-state index contributed by atoms with van der Waals surface area (Å²) < 4.78 is 26.5. The Bertz CT molecular complexity index is 436. The number of rotatable bonds is 2. The minimum Gasteiger partial charge on any atom is -0.382 e. The van der Waals surface area contributed by atoms with Crippen LogP contribution in [0.2, 0.25) is 0 Å². The molecular weight excluding hydrogens is 202 g/mol. The smallest absolute Gasteiger partial charge is 0.132 e. The van der Waals surface area contributed by atoms with Crippen molar-refractivity contribution in [2.24, 2.45) is 0 Å². The maximum absolute atomic E-state index is 13.3. The molecule has 2 N–H and O–H groups in total. The first-order valence-electron chi connectivity index (χ1n) is 4.30. The van der Waals surface area contributed by atoms with Crippen LogP contribution >= 0.6 is 0 Å². The normalized spacial score (nSPS) is 12.7. The Balaban J connectivity index is 2.46. The highest BCUT2D eigenvalue weighted by Gasteiger charge is 2.20. The first kappa shape index (κ1) is 9.79. The topological polar surface area (TPSA) is 48.9 Å². The van der Waals surface area contributed by atoms with E-state index in [2.05, 4.69) is 9.97 Å². The minimum atomic E-state index is -1.37. The lowest BCUT2D eigenvalue weighted by Crippen LogP contribution is -2.05. The fourth-order valence-electron chi connectivity index (χ4n) is 1.34. The van der Waals surface area contributed by atoms with Gasteiger partial charge in [0.25, 0.3) is 0 Å². The van der Waals surface area contributed by atoms with E-state index >= 15 is 0 Å². The number of H-pyrrole nitrogens is 1. The molecule has 0 aliphatic carbocycles. The number of hydrogen-bond acceptors (Lipinski definition) is 2. The summed E-state index contributed by atoms with van der Waals surface area (Å²) in [6.07, 6.45) is 1.28. The van der Waals surface area contributed by atoms with E-state index in [-0.39, 0.29) is 11.3 Å². The molecule has 0 bridgehead atoms. The van der Waals surface area contributed by atoms with Crippen molar-refractivity contribution in [1.82, 2.24) is 9.97 Å². The minimum absolute atomic E-state index is 0.249. The number of aromatic amines is 1. The third-order valence-electron chi connectivity index (χ3n) is 2.09. The number of benzene rings is 1. The van der Waals surface area contributed by atoms with E-state index in [0.29, 0.717) is 0 Å². The van der Waals surface area contributed by atoms with Gasteiger partial charge in [-0.2, -0.15) is 0 Å². The summed E-state index contributed by atoms with van der Waals surface area (Å²) >= 11 is 0. The van der Waals surface area contributed by atoms with Gasteiger partial charge in [0.2, 0.25) is 0 Å². The zero-order valence-electron chi connectivity index (χ0n) is 7.61. The third kappa shape index (κ3) is 1.73. The van der Waals surface area contributed by atoms with Crippen LogP contribution in [0.1, 0.15) is 17.4 Å². The predicted molar refractivity (Wildman–Crippen MR) is 49.0 cm³/mol. The van der Waals surface area contributed by atoms with Gasteiger partial charge in [-0.1, -0.05) is 6.07 Å². The number of aliphatic hydroxyl groups is 1. The van der Waals surface area contributed by atoms with E-state index < -0.39 is 17.7 Å². The first-order valence-corrected chi connectivity index (χ1v) is 4.30. The van der Waals surface area contributed by atoms with Gasteiger partial charge in [-0.05, 0) is 12.1 Å². The molecule has 1 atom stereocenters. The molecule has 0 amide bonds. The molecule has 2 rings (SSSR count). The van der Waals surface area contributed by atoms with Crippen LogP contribution in [-0.4, -0.2) is 15.1 Å². The lowest BCUT2D eigenvalue weighted by Gasteiger charge is -2.10. The number of hydrogen-bond donors (Lipinski definition) is 2. The molecule has 0 saturated heterocycles. The predicted octanol–water partition coefficient (Wildman–Crippen LogP) is 1.77. The Hall–Kier alpha value is -1.75. The highest BCUT2D eigenvalue weighted by atomic mass is 19.1. The van der Waals surface area contributed by atoms with Gasteiger partial charge < -0.3 is 10.1 Å². The SMILES string of the molecule is OC(c1cnc[nH]1)c1c(F)cccc1F. The van der Waals surface area contributed by atoms with E-state index in [4.69, 9.17) is 0 Å². The van der Waals surface area contributed by atoms with Crippen molar-refractivity contribution in [2.45, 2.75) is 6.10 Å². The van der Waals surface area contributed by atoms with Crippen LogP contribution in [0.25, 0.3) is 0 Å². The molecule has 5 heteroatoms. The van der Waals surface area contributed by atoms with Crippen molar-refractivity contribution in [2.75, 3.05) is 0 Å². The van der Waals surface area contributed by atoms with Crippen LogP contribution in [0.15, 0.2) is 30.7 Å². The average Bonchev–Trinajstić information content (AvgIpc) is 2.69. The summed E-state index contributed by atoms with van der Waals surface area (Å²) in [5, 5.41) is 9.69. The van der Waals surface area contributed by atoms with Gasteiger partial charge in [0.1, 0.15) is 17.7 Å². The third-order valence-corrected chi connectivity index (χ3v) is 2.09. The number of aromatic nitrogens is 2. The lowest BCUT2D eigenvalue weighted by molar-refractivity contribution is 0.205. The van der Waals surface area contributed by atoms with Crippen LogP contribution in [0.5, 0.6) is 0 Å². The van der Waals surface area contributed by atoms with Crippen molar-refractivity contribution < 1.29 is 13.9 Å². The summed E-state index contributed by atoms with van der Waals surface area (Å²) in [5.41, 5.74) is -0.124. The van der Waals surface area contributed by atoms with Gasteiger partial charge >= 0.3 is 0 Å². The van der Waals surface area contributed by atoms with E-state index in [0.717, 1.165) is 12.1 Å². The van der Waals surface area contributed by atoms with Gasteiger partial charge in [-0.25, -0.2) is 13.8 Å². The van der Waals surface area contributed by atoms with Gasteiger partial charge in [0.15, 0.2) is 0 Å². The highest BCUT2D eigenvalue weighted by Crippen LogP contribution is 2.24. The summed E-state index contributed by atoms with van der Waals surface area (Å²) in [4.78, 5) is 6.26. The fourth-order valence-corrected chi connectivity index (χ4v) is 1.34. The molecule has 1 unspecified atom stereocenters. The van der Waals surface area contributed by atoms with Crippen molar-refractivity contribution in [3.63, 3.8) is 0 Å². The Morgan fingerprint density at radius 1 is 1.27 bits per heavy atom. The molecule has 0 spiro atoms. The van der Waals surface area contributed by atoms with Crippen LogP contribution in [0, 0.1) is 11.6 Å². The molecule has 0 saturated carbocycles. The van der Waals surface area contributed by atoms with Gasteiger partial charge in [0.05, 0.1) is 23.8 Å². The number of nitrogens with one attached hydrogen (secondary N) is 1. The molecule has 1 heterocycles. The van der Waals surface area contributed by atoms with E-state index in [1.807, 2.05) is 0 Å². The Morgan fingerprint density at radius 2 is 1.93 bits per heavy atom. The average molecular weight is 210 g/mol. The van der Waals surface area contributed by atoms with Crippen LogP contribution in [-0.2, 0) is 0 Å². The standard InChI is InChI=1S/C10H8F2N2O/c11-6-2-1-3-7(12)9(6)10(15)8-4-13-5-14-8/h1-5,10,15H,(H,13,14). The van der Waals surface area contributed by atoms with E-state index in [1.165, 1.54) is 18.6 Å². The Kier molecular flexibility index (Phi) is 2.47. The molecule has 1 aromatic heterocycles. The van der Waals surface area contributed by atoms with Gasteiger partial charge in [-0.15, -0.1) is 0 Å². The molecule has 15 heavy (non-hydrogen) atoms. The van der Waals surface area contributed by atoms with Crippen LogP contribution in [0.4, 0.5) is 8.78 Å². The van der Waals surface area contributed by atoms with Crippen LogP contribution in [0.3, 0.4) is 0 Å². The zero-order valence-corrected chi connectivity index (χ0v) is 7.61. The quantitative estimate of drug-likeness (QED) is 0.793. The Labute approximate surface area is 84.4 Å². The zero-order chi connectivity index (χ0) is 10.8. The first-order chi connectivity index (χ1) is 7.20. The fraction of sp³-hybridized carbons (Fsp3) is 0.100. The molecule has 0 aliphatic rings. The molecular formula is C10H8F2N2O. The maximum Gasteiger partial charge on any atom is 0.132 e. The molecule has 2 aromatic rings. The Morgan fingerprint density at radius 3 is 2.47 bits per heavy atom. The van der Waals surface area contributed by atoms with E-state index in [9.17, 15) is 13.9 Å². The van der Waals surface area contributed by atoms with Crippen molar-refractivity contribution in [3.05, 3.63) is 53.6 Å². The van der Waals surface area contributed by atoms with E-state index in [1.54, 1.807) is 0 Å². The second-order valence-electron chi connectivity index (χ2n) is 3.04. The van der Waals surface area contributed by atoms with Gasteiger partial charge in [-0.3, -0.25) is 0 Å². The number of nitrogens with zero attached hydrogens (tertiary/aromatic N) is 1. The summed E-state index contributed by atoms with van der Waals surface area (Å²) in [5.74, 6) is -1.56. The highest BCUT2D eigenvalue weighted by molar-refractivity contribution is 5.27. The van der Waals surface area contributed by atoms with Gasteiger partial charge in [0, 0.05) is 0 Å². The summed E-state index contributed by atoms with van der Waals surface area (Å²) in [7, 11) is 0. The second kappa shape index (κ2) is 3.78. The summed E-state index contributed by atoms with van der Waals surface area (Å²) in [6, 6.07) is 3.43. The molecule has 3 nitrogen and oxygen atoms in total. The molecule has 1 aromatic carbocycles. The molecule has 0 fully saturated rings. The van der Waals surface area contributed by atoms with Crippen LogP contribution < -0.4 is 0 Å². The monoisotopic (exact) mass is 210 g/mol. The maximum atomic E-state index is 13.3. The molecule has 0 aliphatic heterocycles.